The molecule has 0 saturated carbocycles. The van der Waals surface area contributed by atoms with Gasteiger partial charge in [0.05, 0.1) is 6.04 Å². The van der Waals surface area contributed by atoms with E-state index >= 15 is 0 Å². The van der Waals surface area contributed by atoms with Crippen molar-refractivity contribution < 1.29 is 4.79 Å². The number of carbonyl (C=O) groups is 1. The zero-order chi connectivity index (χ0) is 13.1. The van der Waals surface area contributed by atoms with E-state index in [0.29, 0.717) is 6.54 Å². The highest BCUT2D eigenvalue weighted by atomic mass is 16.2. The minimum atomic E-state index is -0.0394. The zero-order valence-corrected chi connectivity index (χ0v) is 11.7. The Hall–Kier alpha value is -0.610. The molecule has 1 aliphatic rings. The molecule has 0 aromatic heterocycles. The summed E-state index contributed by atoms with van der Waals surface area (Å²) in [6, 6.07) is -0.0394. The van der Waals surface area contributed by atoms with Crippen LogP contribution in [0.25, 0.3) is 0 Å². The molecule has 0 radical (unpaired) electrons. The highest BCUT2D eigenvalue weighted by molar-refractivity contribution is 5.82. The number of hydrogen-bond acceptors (Lipinski definition) is 3. The van der Waals surface area contributed by atoms with Crippen molar-refractivity contribution >= 4 is 5.91 Å². The Morgan fingerprint density at radius 2 is 2.12 bits per heavy atom. The molecule has 1 fully saturated rings. The van der Waals surface area contributed by atoms with Crippen molar-refractivity contribution in [3.05, 3.63) is 0 Å². The van der Waals surface area contributed by atoms with E-state index in [1.807, 2.05) is 11.9 Å². The third kappa shape index (κ3) is 3.19. The van der Waals surface area contributed by atoms with Gasteiger partial charge in [-0.3, -0.25) is 9.69 Å². The van der Waals surface area contributed by atoms with Crippen LogP contribution in [0.1, 0.15) is 40.0 Å². The molecule has 100 valence electrons. The first-order chi connectivity index (χ1) is 7.94. The summed E-state index contributed by atoms with van der Waals surface area (Å²) in [5.74, 6) is 0.231. The lowest BCUT2D eigenvalue weighted by Gasteiger charge is -2.40. The van der Waals surface area contributed by atoms with E-state index in [4.69, 9.17) is 5.73 Å². The smallest absolute Gasteiger partial charge is 0.239 e. The van der Waals surface area contributed by atoms with Gasteiger partial charge in [-0.15, -0.1) is 0 Å². The fourth-order valence-corrected chi connectivity index (χ4v) is 2.64. The topological polar surface area (TPSA) is 49.6 Å². The van der Waals surface area contributed by atoms with Crippen LogP contribution < -0.4 is 5.73 Å². The molecule has 1 aliphatic heterocycles. The van der Waals surface area contributed by atoms with Crippen LogP contribution >= 0.6 is 0 Å². The third-order valence-corrected chi connectivity index (χ3v) is 3.78. The Balaban J connectivity index is 2.98. The molecule has 1 amide bonds. The van der Waals surface area contributed by atoms with Crippen LogP contribution in [0, 0.1) is 0 Å². The van der Waals surface area contributed by atoms with Gasteiger partial charge < -0.3 is 10.6 Å². The second-order valence-electron chi connectivity index (χ2n) is 5.61. The van der Waals surface area contributed by atoms with Crippen molar-refractivity contribution in [2.75, 3.05) is 26.7 Å². The second kappa shape index (κ2) is 5.83. The lowest BCUT2D eigenvalue weighted by atomic mass is 9.95. The summed E-state index contributed by atoms with van der Waals surface area (Å²) in [5.41, 5.74) is 5.75. The molecule has 1 atom stereocenters. The van der Waals surface area contributed by atoms with E-state index < -0.39 is 0 Å². The minimum absolute atomic E-state index is 0.0394. The standard InChI is InChI=1S/C13H27N3O/c1-5-9-16-11(6-8-14)12(17)15(4)10-7-13(16,2)3/h11H,5-10,14H2,1-4H3. The van der Waals surface area contributed by atoms with E-state index in [9.17, 15) is 4.79 Å². The van der Waals surface area contributed by atoms with Crippen molar-refractivity contribution in [3.8, 4) is 0 Å². The van der Waals surface area contributed by atoms with Crippen LogP contribution in [0.2, 0.25) is 0 Å². The molecule has 0 aromatic rings. The van der Waals surface area contributed by atoms with Crippen LogP contribution in [-0.2, 0) is 4.79 Å². The maximum atomic E-state index is 12.3. The summed E-state index contributed by atoms with van der Waals surface area (Å²) in [7, 11) is 1.90. The van der Waals surface area contributed by atoms with Gasteiger partial charge in [-0.25, -0.2) is 0 Å². The Kier molecular flexibility index (Phi) is 4.95. The van der Waals surface area contributed by atoms with Crippen molar-refractivity contribution in [2.24, 2.45) is 5.73 Å². The van der Waals surface area contributed by atoms with Crippen molar-refractivity contribution in [1.29, 1.82) is 0 Å². The number of rotatable bonds is 4. The predicted octanol–water partition coefficient (Wildman–Crippen LogP) is 1.06. The van der Waals surface area contributed by atoms with Crippen LogP contribution in [0.4, 0.5) is 0 Å². The van der Waals surface area contributed by atoms with Crippen LogP contribution in [0.5, 0.6) is 0 Å². The first-order valence-electron chi connectivity index (χ1n) is 6.66. The molecular weight excluding hydrogens is 214 g/mol. The molecule has 4 heteroatoms. The van der Waals surface area contributed by atoms with E-state index in [0.717, 1.165) is 32.4 Å². The Labute approximate surface area is 105 Å². The van der Waals surface area contributed by atoms with Crippen LogP contribution in [0.15, 0.2) is 0 Å². The molecule has 1 unspecified atom stereocenters. The van der Waals surface area contributed by atoms with Gasteiger partial charge in [-0.2, -0.15) is 0 Å². The average Bonchev–Trinajstić information content (AvgIpc) is 2.35. The zero-order valence-electron chi connectivity index (χ0n) is 11.7. The Morgan fingerprint density at radius 3 is 2.65 bits per heavy atom. The number of hydrogen-bond donors (Lipinski definition) is 1. The predicted molar refractivity (Wildman–Crippen MR) is 70.8 cm³/mol. The van der Waals surface area contributed by atoms with Gasteiger partial charge in [0.2, 0.25) is 5.91 Å². The molecule has 4 nitrogen and oxygen atoms in total. The molecule has 0 aliphatic carbocycles. The maximum absolute atomic E-state index is 12.3. The summed E-state index contributed by atoms with van der Waals surface area (Å²) in [6.07, 6.45) is 2.85. The molecule has 2 N–H and O–H groups in total. The third-order valence-electron chi connectivity index (χ3n) is 3.78. The minimum Gasteiger partial charge on any atom is -0.344 e. The summed E-state index contributed by atoms with van der Waals surface area (Å²) < 4.78 is 0. The van der Waals surface area contributed by atoms with Gasteiger partial charge in [-0.05, 0) is 46.2 Å². The molecule has 0 spiro atoms. The van der Waals surface area contributed by atoms with Gasteiger partial charge in [0.15, 0.2) is 0 Å². The molecule has 1 rings (SSSR count). The first-order valence-corrected chi connectivity index (χ1v) is 6.66. The van der Waals surface area contributed by atoms with E-state index in [2.05, 4.69) is 25.7 Å². The summed E-state index contributed by atoms with van der Waals surface area (Å²) in [4.78, 5) is 16.5. The monoisotopic (exact) mass is 241 g/mol. The SMILES string of the molecule is CCCN1C(CCN)C(=O)N(C)CCC1(C)C. The normalized spacial score (nSPS) is 26.1. The van der Waals surface area contributed by atoms with Gasteiger partial charge in [0.1, 0.15) is 0 Å². The number of nitrogens with two attached hydrogens (primary N) is 1. The Morgan fingerprint density at radius 1 is 1.47 bits per heavy atom. The lowest BCUT2D eigenvalue weighted by Crippen LogP contribution is -2.53. The fourth-order valence-electron chi connectivity index (χ4n) is 2.64. The average molecular weight is 241 g/mol. The van der Waals surface area contributed by atoms with Gasteiger partial charge >= 0.3 is 0 Å². The van der Waals surface area contributed by atoms with Gasteiger partial charge in [0, 0.05) is 19.1 Å². The number of nitrogens with zero attached hydrogens (tertiary/aromatic N) is 2. The second-order valence-corrected chi connectivity index (χ2v) is 5.61. The summed E-state index contributed by atoms with van der Waals surface area (Å²) in [6.45, 7) is 9.01. The van der Waals surface area contributed by atoms with Crippen LogP contribution in [0.3, 0.4) is 0 Å². The molecule has 0 aromatic carbocycles. The Bertz CT molecular complexity index is 265. The fraction of sp³-hybridized carbons (Fsp3) is 0.923. The molecule has 1 saturated heterocycles. The lowest BCUT2D eigenvalue weighted by molar-refractivity contribution is -0.135. The number of amides is 1. The van der Waals surface area contributed by atoms with Crippen LogP contribution in [-0.4, -0.2) is 54.0 Å². The van der Waals surface area contributed by atoms with E-state index in [1.54, 1.807) is 0 Å². The quantitative estimate of drug-likeness (QED) is 0.800. The number of likely N-dealkylation sites (N-methyl/N-ethyl adjacent to an activating group) is 1. The first kappa shape index (κ1) is 14.5. The van der Waals surface area contributed by atoms with Gasteiger partial charge in [0.25, 0.3) is 0 Å². The molecular formula is C13H27N3O. The highest BCUT2D eigenvalue weighted by Crippen LogP contribution is 2.27. The number of carbonyl (C=O) groups excluding carboxylic acids is 1. The van der Waals surface area contributed by atoms with Crippen molar-refractivity contribution in [3.63, 3.8) is 0 Å². The molecule has 0 bridgehead atoms. The largest absolute Gasteiger partial charge is 0.344 e. The van der Waals surface area contributed by atoms with E-state index in [-0.39, 0.29) is 17.5 Å². The summed E-state index contributed by atoms with van der Waals surface area (Å²) >= 11 is 0. The van der Waals surface area contributed by atoms with E-state index in [1.165, 1.54) is 0 Å². The highest BCUT2D eigenvalue weighted by Gasteiger charge is 2.39. The molecule has 1 heterocycles. The summed E-state index contributed by atoms with van der Waals surface area (Å²) in [5, 5.41) is 0. The van der Waals surface area contributed by atoms with Crippen molar-refractivity contribution in [2.45, 2.75) is 51.6 Å². The van der Waals surface area contributed by atoms with Crippen molar-refractivity contribution in [1.82, 2.24) is 9.80 Å². The molecule has 17 heavy (non-hydrogen) atoms. The van der Waals surface area contributed by atoms with Gasteiger partial charge in [-0.1, -0.05) is 6.92 Å². The maximum Gasteiger partial charge on any atom is 0.239 e.